The Morgan fingerprint density at radius 2 is 1.88 bits per heavy atom. The largest absolute Gasteiger partial charge is 0.493 e. The predicted molar refractivity (Wildman–Crippen MR) is 97.5 cm³/mol. The number of halogens is 1. The van der Waals surface area contributed by atoms with E-state index < -0.39 is 11.8 Å². The predicted octanol–water partition coefficient (Wildman–Crippen LogP) is 4.89. The Kier molecular flexibility index (Phi) is 4.12. The van der Waals surface area contributed by atoms with E-state index in [0.29, 0.717) is 16.6 Å². The number of thioether (sulfide) groups is 1. The molecule has 132 valence electrons. The molecule has 1 saturated heterocycles. The van der Waals surface area contributed by atoms with Gasteiger partial charge in [0.15, 0.2) is 5.69 Å². The zero-order chi connectivity index (χ0) is 18.3. The van der Waals surface area contributed by atoms with Crippen LogP contribution in [0.25, 0.3) is 10.9 Å². The van der Waals surface area contributed by atoms with Gasteiger partial charge in [0, 0.05) is 16.9 Å². The summed E-state index contributed by atoms with van der Waals surface area (Å²) in [6.45, 7) is 0. The Hall–Kier alpha value is -2.87. The second kappa shape index (κ2) is 6.45. The van der Waals surface area contributed by atoms with Gasteiger partial charge >= 0.3 is 5.97 Å². The molecule has 26 heavy (non-hydrogen) atoms. The zero-order valence-electron chi connectivity index (χ0n) is 13.5. The maximum atomic E-state index is 13.7. The lowest BCUT2D eigenvalue weighted by molar-refractivity contribution is 0.0697. The minimum absolute atomic E-state index is 0.0400. The average Bonchev–Trinajstić information content (AvgIpc) is 2.84. The summed E-state index contributed by atoms with van der Waals surface area (Å²) in [7, 11) is 0. The van der Waals surface area contributed by atoms with Crippen molar-refractivity contribution in [3.8, 4) is 5.88 Å². The van der Waals surface area contributed by atoms with E-state index in [4.69, 9.17) is 5.11 Å². The van der Waals surface area contributed by atoms with Crippen LogP contribution < -0.4 is 0 Å². The molecule has 0 amide bonds. The first-order chi connectivity index (χ1) is 12.5. The molecule has 4 rings (SSSR count). The number of hydrogen-bond acceptors (Lipinski definition) is 5. The summed E-state index contributed by atoms with van der Waals surface area (Å²) in [5.41, 5.74) is 1.50. The van der Waals surface area contributed by atoms with E-state index >= 15 is 0 Å². The number of fused-ring (bicyclic) bond motifs is 1. The van der Waals surface area contributed by atoms with Gasteiger partial charge < -0.3 is 14.8 Å². The highest BCUT2D eigenvalue weighted by Crippen LogP contribution is 2.45. The molecule has 0 spiro atoms. The molecule has 1 aliphatic rings. The number of rotatable bonds is 4. The molecule has 1 fully saturated rings. The van der Waals surface area contributed by atoms with Crippen LogP contribution >= 0.6 is 11.8 Å². The molecular formula is C18H14FN3O3S. The molecule has 6 nitrogen and oxygen atoms in total. The van der Waals surface area contributed by atoms with E-state index in [1.807, 2.05) is 0 Å². The highest BCUT2D eigenvalue weighted by molar-refractivity contribution is 8.00. The van der Waals surface area contributed by atoms with Crippen molar-refractivity contribution in [3.05, 3.63) is 53.8 Å². The topological polar surface area (TPSA) is 87.2 Å². The Balaban J connectivity index is 1.76. The number of nitrogens with zero attached hydrogens (tertiary/aromatic N) is 3. The van der Waals surface area contributed by atoms with E-state index in [2.05, 4.69) is 10.2 Å². The van der Waals surface area contributed by atoms with Gasteiger partial charge in [0.05, 0.1) is 22.8 Å². The van der Waals surface area contributed by atoms with Crippen LogP contribution in [0.15, 0.2) is 52.7 Å². The van der Waals surface area contributed by atoms with Crippen LogP contribution in [0.5, 0.6) is 5.88 Å². The lowest BCUT2D eigenvalue weighted by Crippen LogP contribution is -2.22. The number of benzene rings is 2. The summed E-state index contributed by atoms with van der Waals surface area (Å²) in [6, 6.07) is 10.4. The van der Waals surface area contributed by atoms with Gasteiger partial charge in [-0.15, -0.1) is 5.11 Å². The Morgan fingerprint density at radius 3 is 2.50 bits per heavy atom. The first-order valence-corrected chi connectivity index (χ1v) is 9.05. The van der Waals surface area contributed by atoms with Gasteiger partial charge in [-0.05, 0) is 42.5 Å². The van der Waals surface area contributed by atoms with Crippen LogP contribution in [0, 0.1) is 5.82 Å². The van der Waals surface area contributed by atoms with Crippen molar-refractivity contribution in [1.82, 2.24) is 4.57 Å². The maximum Gasteiger partial charge on any atom is 0.335 e. The Labute approximate surface area is 152 Å². The number of aromatic nitrogens is 1. The second-order valence-electron chi connectivity index (χ2n) is 5.95. The van der Waals surface area contributed by atoms with Crippen molar-refractivity contribution >= 4 is 40.0 Å². The molecule has 0 atom stereocenters. The summed E-state index contributed by atoms with van der Waals surface area (Å²) in [5, 5.41) is 28.2. The molecule has 0 bridgehead atoms. The maximum absolute atomic E-state index is 13.7. The van der Waals surface area contributed by atoms with Gasteiger partial charge in [-0.25, -0.2) is 9.18 Å². The second-order valence-corrected chi connectivity index (χ2v) is 7.02. The van der Waals surface area contributed by atoms with Crippen molar-refractivity contribution in [2.24, 2.45) is 10.2 Å². The Morgan fingerprint density at radius 1 is 1.15 bits per heavy atom. The molecule has 1 aliphatic heterocycles. The molecule has 1 aromatic heterocycles. The van der Waals surface area contributed by atoms with E-state index in [1.165, 1.54) is 36.4 Å². The molecule has 2 N–H and O–H groups in total. The number of aromatic hydroxyl groups is 1. The van der Waals surface area contributed by atoms with E-state index in [9.17, 15) is 14.3 Å². The molecule has 0 unspecified atom stereocenters. The summed E-state index contributed by atoms with van der Waals surface area (Å²) in [4.78, 5) is 10.9. The molecule has 0 saturated carbocycles. The number of hydrogen-bond donors (Lipinski definition) is 2. The van der Waals surface area contributed by atoms with E-state index in [-0.39, 0.29) is 23.2 Å². The molecule has 2 aromatic carbocycles. The first-order valence-electron chi connectivity index (χ1n) is 7.90. The van der Waals surface area contributed by atoms with Gasteiger partial charge in [-0.1, -0.05) is 0 Å². The quantitative estimate of drug-likeness (QED) is 0.640. The fourth-order valence-electron chi connectivity index (χ4n) is 2.88. The number of carboxylic acid groups (broad SMARTS) is 1. The van der Waals surface area contributed by atoms with Crippen LogP contribution in [-0.2, 0) is 0 Å². The number of carbonyl (C=O) groups is 1. The molecule has 0 radical (unpaired) electrons. The Bertz CT molecular complexity index is 1030. The smallest absolute Gasteiger partial charge is 0.335 e. The number of azo groups is 1. The van der Waals surface area contributed by atoms with Crippen LogP contribution in [-0.4, -0.2) is 32.3 Å². The third-order valence-corrected chi connectivity index (χ3v) is 5.52. The summed E-state index contributed by atoms with van der Waals surface area (Å²) >= 11 is 1.78. The summed E-state index contributed by atoms with van der Waals surface area (Å²) in [5.74, 6) is 0.272. The van der Waals surface area contributed by atoms with Gasteiger partial charge in [-0.3, -0.25) is 0 Å². The molecule has 0 aliphatic carbocycles. The van der Waals surface area contributed by atoms with Crippen molar-refractivity contribution in [2.45, 2.75) is 6.04 Å². The van der Waals surface area contributed by atoms with Crippen molar-refractivity contribution < 1.29 is 19.4 Å². The molecule has 3 aromatic rings. The fourth-order valence-corrected chi connectivity index (χ4v) is 3.62. The first kappa shape index (κ1) is 16.6. The van der Waals surface area contributed by atoms with Crippen LogP contribution in [0.1, 0.15) is 16.4 Å². The minimum Gasteiger partial charge on any atom is -0.493 e. The van der Waals surface area contributed by atoms with Crippen LogP contribution in [0.2, 0.25) is 0 Å². The third-order valence-electron chi connectivity index (χ3n) is 4.28. The highest BCUT2D eigenvalue weighted by atomic mass is 32.2. The third kappa shape index (κ3) is 2.82. The van der Waals surface area contributed by atoms with Gasteiger partial charge in [0.2, 0.25) is 5.88 Å². The fraction of sp³-hybridized carbons (Fsp3) is 0.167. The van der Waals surface area contributed by atoms with Crippen molar-refractivity contribution in [2.75, 3.05) is 11.5 Å². The highest BCUT2D eigenvalue weighted by Gasteiger charge is 2.27. The summed E-state index contributed by atoms with van der Waals surface area (Å²) in [6.07, 6.45) is 0. The van der Waals surface area contributed by atoms with E-state index in [1.54, 1.807) is 22.4 Å². The van der Waals surface area contributed by atoms with Crippen molar-refractivity contribution in [1.29, 1.82) is 0 Å². The van der Waals surface area contributed by atoms with Gasteiger partial charge in [0.25, 0.3) is 0 Å². The monoisotopic (exact) mass is 371 g/mol. The van der Waals surface area contributed by atoms with Gasteiger partial charge in [-0.2, -0.15) is 16.9 Å². The van der Waals surface area contributed by atoms with Crippen molar-refractivity contribution in [3.63, 3.8) is 0 Å². The standard InChI is InChI=1S/C18H14FN3O3S/c19-11-3-6-15-14(7-11)16(17(23)22(15)13-8-26-9-13)21-20-12-4-1-10(2-5-12)18(24)25/h1-7,13,23H,8-9H2,(H,24,25). The number of aromatic carboxylic acids is 1. The zero-order valence-corrected chi connectivity index (χ0v) is 14.3. The normalized spacial score (nSPS) is 14.8. The molecule has 8 heteroatoms. The minimum atomic E-state index is -1.02. The SMILES string of the molecule is O=C(O)c1ccc(N=Nc2c(O)n(C3CSC3)c3ccc(F)cc23)cc1. The summed E-state index contributed by atoms with van der Waals surface area (Å²) < 4.78 is 15.5. The lowest BCUT2D eigenvalue weighted by atomic mass is 10.2. The molecule has 2 heterocycles. The molecular weight excluding hydrogens is 357 g/mol. The number of carboxylic acids is 1. The van der Waals surface area contributed by atoms with Gasteiger partial charge in [0.1, 0.15) is 5.82 Å². The van der Waals surface area contributed by atoms with Crippen LogP contribution in [0.3, 0.4) is 0 Å². The lowest BCUT2D eigenvalue weighted by Gasteiger charge is -2.27. The van der Waals surface area contributed by atoms with E-state index in [0.717, 1.165) is 11.5 Å². The van der Waals surface area contributed by atoms with Crippen LogP contribution in [0.4, 0.5) is 15.8 Å². The average molecular weight is 371 g/mol.